The van der Waals surface area contributed by atoms with Crippen molar-refractivity contribution in [3.05, 3.63) is 403 Å². The van der Waals surface area contributed by atoms with Crippen LogP contribution in [0.25, 0.3) is 135 Å². The van der Waals surface area contributed by atoms with E-state index in [1.807, 2.05) is 205 Å². The molecule has 6 aromatic carbocycles. The Kier molecular flexibility index (Phi) is 42.7. The second-order valence-electron chi connectivity index (χ2n) is 29.4. The molecule has 0 amide bonds. The van der Waals surface area contributed by atoms with Gasteiger partial charge in [-0.3, -0.25) is 29.9 Å². The normalized spacial score (nSPS) is 10.4. The van der Waals surface area contributed by atoms with Crippen molar-refractivity contribution in [1.29, 1.82) is 0 Å². The minimum atomic E-state index is -4.50. The second kappa shape index (κ2) is 50.6. The topological polar surface area (TPSA) is 239 Å². The summed E-state index contributed by atoms with van der Waals surface area (Å²) in [5.41, 5.74) is 27.5. The smallest absolute Gasteiger partial charge is 0.574 e. The Morgan fingerprint density at radius 1 is 0.201 bits per heavy atom. The number of alkyl halides is 9. The van der Waals surface area contributed by atoms with Crippen LogP contribution in [0.1, 0.15) is 78.7 Å². The van der Waals surface area contributed by atoms with Crippen LogP contribution in [0, 0.1) is 121 Å². The first-order chi connectivity index (χ1) is 59.9. The quantitative estimate of drug-likeness (QED) is 0.0816. The number of rotatable bonds is 12. The SMILES string of the molecule is Cc1cc(-c2cc(C)c(-c3ccccc3C)cn2)[n-]n1.Cc1cc(-c2ccccc2)cnc1-c1cc(C(F)(F)F)n[n-]1.Cc1cc(-c2ccccc2)cnc1-c1cc(C(F)(F)F)n[n-]1.Cc1cc(-c2ncc(-c3ccccc3)cc2C)[n-]n1.Cc1cc(-c2ncc(-c3ccccc3)cc2C)[n-]n1.Cc1ccccc1-c1cnc(-c2cc(C(F)(F)F)n[n-]2)cc1C.[CH3-].[CH3-].[CH3-].[CH3-].[CH3-].[CH3-].[Os+4].[Os+4].[Os+4]. The van der Waals surface area contributed by atoms with Crippen LogP contribution in [-0.2, 0) is 77.9 Å². The first-order valence-electron chi connectivity index (χ1n) is 39.2. The molecule has 0 bridgehead atoms. The summed E-state index contributed by atoms with van der Waals surface area (Å²) in [7, 11) is 0. The van der Waals surface area contributed by atoms with Crippen molar-refractivity contribution in [3.8, 4) is 135 Å². The molecule has 18 rings (SSSR count). The van der Waals surface area contributed by atoms with E-state index in [0.29, 0.717) is 17.1 Å². The van der Waals surface area contributed by atoms with Gasteiger partial charge in [-0.25, -0.2) is 0 Å². The zero-order valence-corrected chi connectivity index (χ0v) is 84.2. The number of halogens is 9. The molecule has 18 aromatic rings. The van der Waals surface area contributed by atoms with Crippen LogP contribution < -0.4 is 30.6 Å². The molecule has 12 aromatic heterocycles. The van der Waals surface area contributed by atoms with Gasteiger partial charge in [0.15, 0.2) is 0 Å². The third-order valence-corrected chi connectivity index (χ3v) is 19.8. The molecular formula is C104H97F9N18Os3. The van der Waals surface area contributed by atoms with E-state index in [-0.39, 0.29) is 121 Å². The Bertz CT molecular complexity index is 6420. The summed E-state index contributed by atoms with van der Waals surface area (Å²) in [4.78, 5) is 26.4. The van der Waals surface area contributed by atoms with E-state index in [0.717, 1.165) is 147 Å². The molecule has 690 valence electrons. The van der Waals surface area contributed by atoms with Gasteiger partial charge in [0.05, 0.1) is 22.8 Å². The van der Waals surface area contributed by atoms with Gasteiger partial charge in [-0.2, -0.15) is 39.5 Å². The van der Waals surface area contributed by atoms with Gasteiger partial charge in [0.25, 0.3) is 0 Å². The van der Waals surface area contributed by atoms with Gasteiger partial charge in [-0.15, -0.1) is 0 Å². The maximum atomic E-state index is 12.6. The van der Waals surface area contributed by atoms with Crippen LogP contribution in [0.2, 0.25) is 0 Å². The Morgan fingerprint density at radius 3 is 0.657 bits per heavy atom. The molecule has 0 N–H and O–H groups in total. The number of hydrogen-bond donors (Lipinski definition) is 0. The molecule has 134 heavy (non-hydrogen) atoms. The number of benzene rings is 6. The molecule has 0 aliphatic carbocycles. The van der Waals surface area contributed by atoms with Crippen LogP contribution in [0.3, 0.4) is 0 Å². The molecule has 12 heterocycles. The average molecular weight is 2340 g/mol. The fourth-order valence-electron chi connectivity index (χ4n) is 13.4. The third-order valence-electron chi connectivity index (χ3n) is 19.8. The van der Waals surface area contributed by atoms with Crippen molar-refractivity contribution in [2.75, 3.05) is 0 Å². The number of aryl methyl sites for hydroxylation is 11. The maximum Gasteiger partial charge on any atom is 4.00 e. The zero-order chi connectivity index (χ0) is 88.7. The van der Waals surface area contributed by atoms with Crippen LogP contribution in [-0.4, -0.2) is 60.5 Å². The van der Waals surface area contributed by atoms with E-state index in [1.54, 1.807) is 38.5 Å². The monoisotopic (exact) mass is 2340 g/mol. The van der Waals surface area contributed by atoms with E-state index in [4.69, 9.17) is 0 Å². The fourth-order valence-corrected chi connectivity index (χ4v) is 13.4. The van der Waals surface area contributed by atoms with Crippen LogP contribution in [0.15, 0.2) is 280 Å². The van der Waals surface area contributed by atoms with Gasteiger partial charge in [-0.05, 0) is 209 Å². The van der Waals surface area contributed by atoms with Gasteiger partial charge >= 0.3 is 77.9 Å². The van der Waals surface area contributed by atoms with Crippen molar-refractivity contribution in [1.82, 2.24) is 91.1 Å². The van der Waals surface area contributed by atoms with E-state index >= 15 is 0 Å². The van der Waals surface area contributed by atoms with E-state index < -0.39 is 35.6 Å². The number of pyridine rings is 6. The minimum absolute atomic E-state index is 0. The molecule has 0 unspecified atom stereocenters. The van der Waals surface area contributed by atoms with Crippen molar-refractivity contribution in [3.63, 3.8) is 0 Å². The van der Waals surface area contributed by atoms with E-state index in [1.165, 1.54) is 33.4 Å². The first-order valence-corrected chi connectivity index (χ1v) is 39.2. The zero-order valence-electron chi connectivity index (χ0n) is 76.6. The summed E-state index contributed by atoms with van der Waals surface area (Å²) in [6.45, 7) is 21.6. The number of nitrogens with zero attached hydrogens (tertiary/aromatic N) is 18. The Morgan fingerprint density at radius 2 is 0.425 bits per heavy atom. The van der Waals surface area contributed by atoms with Crippen LogP contribution in [0.5, 0.6) is 0 Å². The second-order valence-corrected chi connectivity index (χ2v) is 29.4. The van der Waals surface area contributed by atoms with Crippen molar-refractivity contribution in [2.45, 2.75) is 94.7 Å². The van der Waals surface area contributed by atoms with Gasteiger partial charge in [0.1, 0.15) is 17.1 Å². The summed E-state index contributed by atoms with van der Waals surface area (Å²) >= 11 is 0. The molecular weight excluding hydrogens is 2240 g/mol. The number of aromatic nitrogens is 18. The fraction of sp³-hybridized carbons (Fsp3) is 0.135. The molecule has 30 heteroatoms. The minimum Gasteiger partial charge on any atom is -0.574 e. The largest absolute Gasteiger partial charge is 4.00 e. The molecule has 0 saturated carbocycles. The van der Waals surface area contributed by atoms with Crippen LogP contribution >= 0.6 is 0 Å². The summed E-state index contributed by atoms with van der Waals surface area (Å²) in [5, 5.41) is 44.7. The average Bonchev–Trinajstić information content (AvgIpc) is 0.899. The van der Waals surface area contributed by atoms with Gasteiger partial charge in [0.2, 0.25) is 0 Å². The van der Waals surface area contributed by atoms with Gasteiger partial charge in [0, 0.05) is 99.0 Å². The summed E-state index contributed by atoms with van der Waals surface area (Å²) < 4.78 is 113. The maximum absolute atomic E-state index is 12.6. The molecule has 0 radical (unpaired) electrons. The van der Waals surface area contributed by atoms with Crippen molar-refractivity contribution in [2.24, 2.45) is 0 Å². The molecule has 0 spiro atoms. The Labute approximate surface area is 816 Å². The van der Waals surface area contributed by atoms with E-state index in [2.05, 4.69) is 186 Å². The summed E-state index contributed by atoms with van der Waals surface area (Å²) in [6.07, 6.45) is -2.87. The standard InChI is InChI=1S/C17H13F3N3.C17H16N3.2C16H11F3N3.2C16H14N3.6CH3.3Os/c1-10-5-3-4-6-12(10)13-9-21-14(7-11(13)2)15-8-16(23-22-15)17(18,19)20;1-11-6-4-5-7-14(11)15-10-18-16(8-12(15)2)17-9-13(3)19-20-17;2*1-10-7-12(11-5-3-2-4-6-11)9-20-15(10)13-8-14(22-21-13)16(17,18)19;2*1-11-8-14(13-6-4-3-5-7-13)10-17-16(11)15-9-12(2)18-19-15;;;;;;;;;/h3-9H,1-2H3;4-10H,1-3H3;2*2-9H,1H3;2*3-10H,1-2H3;6*1H3;;;/q12*-1;3*+4. The molecule has 0 saturated heterocycles. The third kappa shape index (κ3) is 28.9. The van der Waals surface area contributed by atoms with Crippen molar-refractivity contribution < 1.29 is 98.9 Å². The predicted octanol–water partition coefficient (Wildman–Crippen LogP) is 25.8. The van der Waals surface area contributed by atoms with Crippen LogP contribution in [0.4, 0.5) is 39.5 Å². The van der Waals surface area contributed by atoms with E-state index in [9.17, 15) is 39.5 Å². The van der Waals surface area contributed by atoms with Gasteiger partial charge in [-0.1, -0.05) is 222 Å². The summed E-state index contributed by atoms with van der Waals surface area (Å²) in [6, 6.07) is 76.4. The molecule has 18 nitrogen and oxygen atoms in total. The predicted molar refractivity (Wildman–Crippen MR) is 503 cm³/mol. The summed E-state index contributed by atoms with van der Waals surface area (Å²) in [5.74, 6) is 0. The van der Waals surface area contributed by atoms with Crippen molar-refractivity contribution >= 4 is 0 Å². The first kappa shape index (κ1) is 113. The molecule has 0 aliphatic rings. The molecule has 0 aliphatic heterocycles. The molecule has 0 atom stereocenters. The Hall–Kier alpha value is -13.2. The van der Waals surface area contributed by atoms with Gasteiger partial charge < -0.3 is 106 Å². The Balaban J connectivity index is 0.000000332. The molecule has 0 fully saturated rings. The number of hydrogen-bond acceptors (Lipinski definition) is 12.